The fourth-order valence-electron chi connectivity index (χ4n) is 1.91. The zero-order chi connectivity index (χ0) is 10.7. The Hall–Kier alpha value is -0.970. The van der Waals surface area contributed by atoms with Crippen molar-refractivity contribution >= 4 is 17.8 Å². The van der Waals surface area contributed by atoms with Gasteiger partial charge in [-0.1, -0.05) is 0 Å². The standard InChI is InChI=1S/C10H15N3OS/c1-15-9-3-2-8(6-9)12-10(14)13-5-4-11-7-13/h4-5,7-9H,2-3,6H2,1H3,(H,12,14). The van der Waals surface area contributed by atoms with Crippen molar-refractivity contribution in [1.29, 1.82) is 0 Å². The molecular formula is C10H15N3OS. The molecule has 1 heterocycles. The van der Waals surface area contributed by atoms with Crippen LogP contribution in [0.15, 0.2) is 18.7 Å². The molecule has 0 aromatic carbocycles. The fourth-order valence-corrected chi connectivity index (χ4v) is 2.71. The maximum absolute atomic E-state index is 11.7. The Balaban J connectivity index is 1.86. The summed E-state index contributed by atoms with van der Waals surface area (Å²) in [6, 6.07) is 0.261. The van der Waals surface area contributed by atoms with Gasteiger partial charge < -0.3 is 5.32 Å². The molecule has 0 aliphatic heterocycles. The first-order valence-electron chi connectivity index (χ1n) is 5.11. The largest absolute Gasteiger partial charge is 0.335 e. The molecule has 1 amide bonds. The number of amides is 1. The lowest BCUT2D eigenvalue weighted by Gasteiger charge is -2.12. The van der Waals surface area contributed by atoms with Crippen LogP contribution in [-0.2, 0) is 0 Å². The quantitative estimate of drug-likeness (QED) is 0.833. The van der Waals surface area contributed by atoms with E-state index in [0.29, 0.717) is 11.3 Å². The molecule has 1 aliphatic carbocycles. The second kappa shape index (κ2) is 4.70. The Labute approximate surface area is 93.5 Å². The van der Waals surface area contributed by atoms with Crippen molar-refractivity contribution in [1.82, 2.24) is 14.9 Å². The minimum absolute atomic E-state index is 0.0701. The predicted octanol–water partition coefficient (Wildman–Crippen LogP) is 1.72. The van der Waals surface area contributed by atoms with Gasteiger partial charge in [0.25, 0.3) is 0 Å². The molecule has 4 nitrogen and oxygen atoms in total. The van der Waals surface area contributed by atoms with Crippen LogP contribution in [0.3, 0.4) is 0 Å². The first-order valence-corrected chi connectivity index (χ1v) is 6.40. The van der Waals surface area contributed by atoms with Gasteiger partial charge in [0.15, 0.2) is 0 Å². The predicted molar refractivity (Wildman–Crippen MR) is 61.1 cm³/mol. The Morgan fingerprint density at radius 1 is 1.60 bits per heavy atom. The van der Waals surface area contributed by atoms with Gasteiger partial charge in [-0.25, -0.2) is 9.78 Å². The summed E-state index contributed by atoms with van der Waals surface area (Å²) in [4.78, 5) is 15.5. The molecule has 0 saturated heterocycles. The number of nitrogens with zero attached hydrogens (tertiary/aromatic N) is 2. The fraction of sp³-hybridized carbons (Fsp3) is 0.600. The summed E-state index contributed by atoms with van der Waals surface area (Å²) >= 11 is 1.89. The number of thioether (sulfide) groups is 1. The molecular weight excluding hydrogens is 210 g/mol. The first-order chi connectivity index (χ1) is 7.29. The van der Waals surface area contributed by atoms with E-state index in [1.54, 1.807) is 12.4 Å². The second-order valence-electron chi connectivity index (χ2n) is 3.79. The van der Waals surface area contributed by atoms with Gasteiger partial charge in [0.05, 0.1) is 0 Å². The highest BCUT2D eigenvalue weighted by molar-refractivity contribution is 7.99. The third-order valence-electron chi connectivity index (χ3n) is 2.78. The van der Waals surface area contributed by atoms with Gasteiger partial charge in [0.2, 0.25) is 0 Å². The first kappa shape index (κ1) is 10.5. The third-order valence-corrected chi connectivity index (χ3v) is 3.88. The van der Waals surface area contributed by atoms with E-state index >= 15 is 0 Å². The van der Waals surface area contributed by atoms with Gasteiger partial charge in [0, 0.05) is 23.7 Å². The number of imidazole rings is 1. The monoisotopic (exact) mass is 225 g/mol. The Morgan fingerprint density at radius 2 is 2.47 bits per heavy atom. The van der Waals surface area contributed by atoms with Crippen LogP contribution in [0.4, 0.5) is 4.79 Å². The number of hydrogen-bond acceptors (Lipinski definition) is 3. The van der Waals surface area contributed by atoms with E-state index in [4.69, 9.17) is 0 Å². The van der Waals surface area contributed by atoms with Crippen LogP contribution in [-0.4, -0.2) is 33.1 Å². The van der Waals surface area contributed by atoms with Crippen molar-refractivity contribution in [2.75, 3.05) is 6.26 Å². The highest BCUT2D eigenvalue weighted by atomic mass is 32.2. The van der Waals surface area contributed by atoms with E-state index in [1.807, 2.05) is 11.8 Å². The number of rotatable bonds is 2. The normalized spacial score (nSPS) is 25.4. The van der Waals surface area contributed by atoms with Crippen LogP contribution in [0.5, 0.6) is 0 Å². The highest BCUT2D eigenvalue weighted by Gasteiger charge is 2.25. The van der Waals surface area contributed by atoms with E-state index < -0.39 is 0 Å². The van der Waals surface area contributed by atoms with Crippen molar-refractivity contribution in [3.8, 4) is 0 Å². The minimum Gasteiger partial charge on any atom is -0.335 e. The molecule has 1 fully saturated rings. The van der Waals surface area contributed by atoms with E-state index in [2.05, 4.69) is 16.6 Å². The molecule has 1 saturated carbocycles. The van der Waals surface area contributed by atoms with Crippen LogP contribution in [0.1, 0.15) is 19.3 Å². The molecule has 1 aromatic rings. The van der Waals surface area contributed by atoms with Gasteiger partial charge in [0.1, 0.15) is 6.33 Å². The van der Waals surface area contributed by atoms with Crippen molar-refractivity contribution in [3.63, 3.8) is 0 Å². The SMILES string of the molecule is CSC1CCC(NC(=O)n2ccnc2)C1. The van der Waals surface area contributed by atoms with Crippen LogP contribution in [0.25, 0.3) is 0 Å². The molecule has 0 spiro atoms. The van der Waals surface area contributed by atoms with Gasteiger partial charge in [-0.3, -0.25) is 4.57 Å². The maximum atomic E-state index is 11.7. The van der Waals surface area contributed by atoms with Crippen molar-refractivity contribution in [2.24, 2.45) is 0 Å². The van der Waals surface area contributed by atoms with Gasteiger partial charge in [-0.15, -0.1) is 0 Å². The molecule has 2 atom stereocenters. The van der Waals surface area contributed by atoms with Crippen LogP contribution in [0.2, 0.25) is 0 Å². The summed E-state index contributed by atoms with van der Waals surface area (Å²) in [7, 11) is 0. The van der Waals surface area contributed by atoms with Crippen molar-refractivity contribution in [2.45, 2.75) is 30.6 Å². The van der Waals surface area contributed by atoms with Crippen molar-refractivity contribution < 1.29 is 4.79 Å². The van der Waals surface area contributed by atoms with Crippen LogP contribution in [0, 0.1) is 0 Å². The van der Waals surface area contributed by atoms with E-state index in [-0.39, 0.29) is 6.03 Å². The van der Waals surface area contributed by atoms with Crippen LogP contribution < -0.4 is 5.32 Å². The van der Waals surface area contributed by atoms with Gasteiger partial charge in [-0.2, -0.15) is 11.8 Å². The zero-order valence-corrected chi connectivity index (χ0v) is 9.54. The Morgan fingerprint density at radius 3 is 3.07 bits per heavy atom. The second-order valence-corrected chi connectivity index (χ2v) is 4.93. The molecule has 5 heteroatoms. The van der Waals surface area contributed by atoms with E-state index in [0.717, 1.165) is 12.8 Å². The van der Waals surface area contributed by atoms with E-state index in [9.17, 15) is 4.79 Å². The van der Waals surface area contributed by atoms with Gasteiger partial charge in [-0.05, 0) is 25.5 Å². The summed E-state index contributed by atoms with van der Waals surface area (Å²) in [6.45, 7) is 0. The molecule has 15 heavy (non-hydrogen) atoms. The van der Waals surface area contributed by atoms with E-state index in [1.165, 1.54) is 17.3 Å². The van der Waals surface area contributed by atoms with Crippen molar-refractivity contribution in [3.05, 3.63) is 18.7 Å². The van der Waals surface area contributed by atoms with Gasteiger partial charge >= 0.3 is 6.03 Å². The average molecular weight is 225 g/mol. The third kappa shape index (κ3) is 2.53. The summed E-state index contributed by atoms with van der Waals surface area (Å²) in [5, 5.41) is 3.72. The molecule has 2 rings (SSSR count). The Bertz CT molecular complexity index is 325. The lowest BCUT2D eigenvalue weighted by molar-refractivity contribution is 0.238. The molecule has 82 valence electrons. The number of nitrogens with one attached hydrogen (secondary N) is 1. The number of hydrogen-bond donors (Lipinski definition) is 1. The molecule has 1 aliphatic rings. The number of carbonyl (C=O) groups is 1. The molecule has 0 radical (unpaired) electrons. The molecule has 2 unspecified atom stereocenters. The van der Waals surface area contributed by atoms with Crippen LogP contribution >= 0.6 is 11.8 Å². The molecule has 1 N–H and O–H groups in total. The average Bonchev–Trinajstić information content (AvgIpc) is 2.87. The summed E-state index contributed by atoms with van der Waals surface area (Å²) in [5.41, 5.74) is 0. The number of carbonyl (C=O) groups excluding carboxylic acids is 1. The number of aromatic nitrogens is 2. The molecule has 0 bridgehead atoms. The summed E-state index contributed by atoms with van der Waals surface area (Å²) in [5.74, 6) is 0. The molecule has 1 aromatic heterocycles. The summed E-state index contributed by atoms with van der Waals surface area (Å²) in [6.07, 6.45) is 10.3. The zero-order valence-electron chi connectivity index (χ0n) is 8.72. The maximum Gasteiger partial charge on any atom is 0.327 e. The topological polar surface area (TPSA) is 46.9 Å². The Kier molecular flexibility index (Phi) is 3.30. The summed E-state index contributed by atoms with van der Waals surface area (Å²) < 4.78 is 1.48. The lowest BCUT2D eigenvalue weighted by Crippen LogP contribution is -2.35. The highest BCUT2D eigenvalue weighted by Crippen LogP contribution is 2.28. The smallest absolute Gasteiger partial charge is 0.327 e. The minimum atomic E-state index is -0.0701. The lowest BCUT2D eigenvalue weighted by atomic mass is 10.2.